The lowest BCUT2D eigenvalue weighted by atomic mass is 10.2. The minimum atomic E-state index is -0.458. The fraction of sp³-hybridized carbons (Fsp3) is 0. The molecular formula is C13H7BrFNOS. The van der Waals surface area contributed by atoms with E-state index in [1.807, 2.05) is 18.2 Å². The molecule has 0 amide bonds. The Kier molecular flexibility index (Phi) is 2.80. The molecule has 2 aromatic carbocycles. The number of phenols is 1. The molecule has 90 valence electrons. The summed E-state index contributed by atoms with van der Waals surface area (Å²) in [6.07, 6.45) is 0. The van der Waals surface area contributed by atoms with Gasteiger partial charge in [-0.25, -0.2) is 9.37 Å². The van der Waals surface area contributed by atoms with Gasteiger partial charge in [0, 0.05) is 10.5 Å². The topological polar surface area (TPSA) is 33.1 Å². The predicted molar refractivity (Wildman–Crippen MR) is 74.4 cm³/mol. The number of aromatic hydroxyl groups is 1. The van der Waals surface area contributed by atoms with E-state index in [1.54, 1.807) is 0 Å². The second-order valence-electron chi connectivity index (χ2n) is 3.79. The van der Waals surface area contributed by atoms with E-state index < -0.39 is 5.82 Å². The average Bonchev–Trinajstić information content (AvgIpc) is 2.71. The van der Waals surface area contributed by atoms with Gasteiger partial charge in [0.2, 0.25) is 0 Å². The molecule has 0 radical (unpaired) electrons. The van der Waals surface area contributed by atoms with Crippen molar-refractivity contribution in [3.05, 3.63) is 46.7 Å². The highest BCUT2D eigenvalue weighted by molar-refractivity contribution is 9.10. The Morgan fingerprint density at radius 3 is 2.78 bits per heavy atom. The van der Waals surface area contributed by atoms with Crippen LogP contribution in [-0.2, 0) is 0 Å². The molecule has 5 heteroatoms. The van der Waals surface area contributed by atoms with Crippen LogP contribution in [0.3, 0.4) is 0 Å². The minimum Gasteiger partial charge on any atom is -0.507 e. The summed E-state index contributed by atoms with van der Waals surface area (Å²) in [7, 11) is 0. The molecule has 3 rings (SSSR count). The number of benzene rings is 2. The summed E-state index contributed by atoms with van der Waals surface area (Å²) in [6.45, 7) is 0. The summed E-state index contributed by atoms with van der Waals surface area (Å²) in [5.41, 5.74) is 1.41. The Balaban J connectivity index is 2.19. The maximum atomic E-state index is 12.9. The van der Waals surface area contributed by atoms with Crippen molar-refractivity contribution in [2.45, 2.75) is 0 Å². The Morgan fingerprint density at radius 1 is 1.17 bits per heavy atom. The van der Waals surface area contributed by atoms with Crippen LogP contribution in [0.15, 0.2) is 40.9 Å². The third-order valence-corrected chi connectivity index (χ3v) is 4.09. The van der Waals surface area contributed by atoms with E-state index in [9.17, 15) is 9.50 Å². The van der Waals surface area contributed by atoms with Gasteiger partial charge in [0.05, 0.1) is 15.8 Å². The zero-order valence-electron chi connectivity index (χ0n) is 9.02. The van der Waals surface area contributed by atoms with Crippen LogP contribution in [0.4, 0.5) is 4.39 Å². The first-order chi connectivity index (χ1) is 8.63. The Morgan fingerprint density at radius 2 is 2.00 bits per heavy atom. The fourth-order valence-corrected chi connectivity index (χ4v) is 3.25. The van der Waals surface area contributed by atoms with Crippen molar-refractivity contribution in [2.24, 2.45) is 0 Å². The molecule has 0 atom stereocenters. The van der Waals surface area contributed by atoms with Gasteiger partial charge >= 0.3 is 0 Å². The van der Waals surface area contributed by atoms with E-state index in [0.717, 1.165) is 20.8 Å². The molecule has 18 heavy (non-hydrogen) atoms. The molecule has 0 bridgehead atoms. The average molecular weight is 324 g/mol. The van der Waals surface area contributed by atoms with E-state index in [2.05, 4.69) is 20.9 Å². The number of fused-ring (bicyclic) bond motifs is 1. The molecule has 1 heterocycles. The highest BCUT2D eigenvalue weighted by Crippen LogP contribution is 2.36. The first kappa shape index (κ1) is 11.6. The van der Waals surface area contributed by atoms with Crippen molar-refractivity contribution >= 4 is 37.5 Å². The highest BCUT2D eigenvalue weighted by Gasteiger charge is 2.11. The van der Waals surface area contributed by atoms with Crippen LogP contribution in [0, 0.1) is 5.82 Å². The van der Waals surface area contributed by atoms with Crippen LogP contribution >= 0.6 is 27.3 Å². The lowest BCUT2D eigenvalue weighted by Crippen LogP contribution is -1.79. The molecule has 0 fully saturated rings. The molecule has 3 aromatic rings. The number of hydrogen-bond acceptors (Lipinski definition) is 3. The number of aromatic nitrogens is 1. The van der Waals surface area contributed by atoms with Crippen molar-refractivity contribution in [1.82, 2.24) is 4.98 Å². The van der Waals surface area contributed by atoms with Crippen molar-refractivity contribution in [3.63, 3.8) is 0 Å². The van der Waals surface area contributed by atoms with E-state index in [4.69, 9.17) is 0 Å². The van der Waals surface area contributed by atoms with Crippen LogP contribution < -0.4 is 0 Å². The second-order valence-corrected chi connectivity index (χ2v) is 5.74. The number of phenolic OH excluding ortho intramolecular Hbond substituents is 1. The summed E-state index contributed by atoms with van der Waals surface area (Å²) in [5, 5.41) is 10.4. The second kappa shape index (κ2) is 4.33. The third-order valence-electron chi connectivity index (χ3n) is 2.54. The molecule has 0 saturated carbocycles. The van der Waals surface area contributed by atoms with Crippen LogP contribution in [0.25, 0.3) is 20.8 Å². The van der Waals surface area contributed by atoms with Gasteiger partial charge in [0.25, 0.3) is 0 Å². The monoisotopic (exact) mass is 323 g/mol. The number of rotatable bonds is 1. The van der Waals surface area contributed by atoms with Crippen molar-refractivity contribution in [1.29, 1.82) is 0 Å². The fourth-order valence-electron chi connectivity index (χ4n) is 1.70. The van der Waals surface area contributed by atoms with E-state index >= 15 is 0 Å². The first-order valence-electron chi connectivity index (χ1n) is 5.18. The number of nitrogens with zero attached hydrogens (tertiary/aromatic N) is 1. The Labute approximate surface area is 115 Å². The van der Waals surface area contributed by atoms with Crippen LogP contribution in [0.1, 0.15) is 0 Å². The lowest BCUT2D eigenvalue weighted by Gasteiger charge is -1.99. The smallest absolute Gasteiger partial charge is 0.128 e. The molecule has 0 aliphatic rings. The van der Waals surface area contributed by atoms with E-state index in [-0.39, 0.29) is 5.75 Å². The van der Waals surface area contributed by atoms with Gasteiger partial charge in [-0.05, 0) is 30.3 Å². The summed E-state index contributed by atoms with van der Waals surface area (Å²) in [6, 6.07) is 9.74. The van der Waals surface area contributed by atoms with Gasteiger partial charge in [0.15, 0.2) is 0 Å². The quantitative estimate of drug-likeness (QED) is 0.711. The molecule has 2 nitrogen and oxygen atoms in total. The van der Waals surface area contributed by atoms with Crippen molar-refractivity contribution < 1.29 is 9.50 Å². The van der Waals surface area contributed by atoms with Crippen LogP contribution in [0.5, 0.6) is 5.75 Å². The Bertz CT molecular complexity index is 741. The normalized spacial score (nSPS) is 11.0. The van der Waals surface area contributed by atoms with Gasteiger partial charge in [-0.2, -0.15) is 0 Å². The molecule has 0 saturated heterocycles. The van der Waals surface area contributed by atoms with Crippen molar-refractivity contribution in [3.8, 4) is 16.3 Å². The van der Waals surface area contributed by atoms with Gasteiger partial charge in [0.1, 0.15) is 16.6 Å². The molecule has 0 spiro atoms. The minimum absolute atomic E-state index is 0.0897. The standard InChI is InChI=1S/C13H7BrFNOS/c14-7-1-4-10-12(5-7)18-13(16-10)9-3-2-8(15)6-11(9)17/h1-6,17H. The highest BCUT2D eigenvalue weighted by atomic mass is 79.9. The number of hydrogen-bond donors (Lipinski definition) is 1. The zero-order valence-corrected chi connectivity index (χ0v) is 11.4. The molecular weight excluding hydrogens is 317 g/mol. The van der Waals surface area contributed by atoms with E-state index in [1.165, 1.54) is 23.5 Å². The molecule has 0 aliphatic carbocycles. The van der Waals surface area contributed by atoms with Gasteiger partial charge in [-0.1, -0.05) is 15.9 Å². The van der Waals surface area contributed by atoms with Gasteiger partial charge in [-0.3, -0.25) is 0 Å². The first-order valence-corrected chi connectivity index (χ1v) is 6.79. The zero-order chi connectivity index (χ0) is 12.7. The third kappa shape index (κ3) is 2.00. The molecule has 0 unspecified atom stereocenters. The van der Waals surface area contributed by atoms with Gasteiger partial charge in [-0.15, -0.1) is 11.3 Å². The molecule has 0 aliphatic heterocycles. The summed E-state index contributed by atoms with van der Waals surface area (Å²) in [5.74, 6) is -0.548. The molecule has 1 N–H and O–H groups in total. The Hall–Kier alpha value is -1.46. The molecule has 1 aromatic heterocycles. The maximum absolute atomic E-state index is 12.9. The number of thiazole rings is 1. The van der Waals surface area contributed by atoms with Gasteiger partial charge < -0.3 is 5.11 Å². The van der Waals surface area contributed by atoms with Crippen LogP contribution in [-0.4, -0.2) is 10.1 Å². The maximum Gasteiger partial charge on any atom is 0.128 e. The predicted octanol–water partition coefficient (Wildman–Crippen LogP) is 4.57. The lowest BCUT2D eigenvalue weighted by molar-refractivity contribution is 0.471. The summed E-state index contributed by atoms with van der Waals surface area (Å²) >= 11 is 4.86. The SMILES string of the molecule is Oc1cc(F)ccc1-c1nc2ccc(Br)cc2s1. The van der Waals surface area contributed by atoms with E-state index in [0.29, 0.717) is 10.6 Å². The largest absolute Gasteiger partial charge is 0.507 e. The summed E-state index contributed by atoms with van der Waals surface area (Å²) < 4.78 is 14.9. The summed E-state index contributed by atoms with van der Waals surface area (Å²) in [4.78, 5) is 4.43. The van der Waals surface area contributed by atoms with Crippen LogP contribution in [0.2, 0.25) is 0 Å². The number of halogens is 2. The van der Waals surface area contributed by atoms with Crippen molar-refractivity contribution in [2.75, 3.05) is 0 Å².